The van der Waals surface area contributed by atoms with Gasteiger partial charge >= 0.3 is 0 Å². The van der Waals surface area contributed by atoms with Gasteiger partial charge in [0.1, 0.15) is 5.75 Å². The molecule has 1 unspecified atom stereocenters. The van der Waals surface area contributed by atoms with Crippen LogP contribution < -0.4 is 10.1 Å². The fourth-order valence-corrected chi connectivity index (χ4v) is 2.86. The van der Waals surface area contributed by atoms with E-state index in [4.69, 9.17) is 9.47 Å². The van der Waals surface area contributed by atoms with Crippen molar-refractivity contribution < 1.29 is 9.47 Å². The summed E-state index contributed by atoms with van der Waals surface area (Å²) in [6.07, 6.45) is 3.33. The minimum Gasteiger partial charge on any atom is -0.495 e. The van der Waals surface area contributed by atoms with E-state index in [1.807, 2.05) is 6.07 Å². The third kappa shape index (κ3) is 3.39. The van der Waals surface area contributed by atoms with Gasteiger partial charge in [0.05, 0.1) is 12.8 Å². The lowest BCUT2D eigenvalue weighted by atomic mass is 10.1. The van der Waals surface area contributed by atoms with Crippen molar-refractivity contribution in [2.24, 2.45) is 0 Å². The molecule has 0 aliphatic carbocycles. The largest absolute Gasteiger partial charge is 0.495 e. The summed E-state index contributed by atoms with van der Waals surface area (Å²) in [6.45, 7) is 3.83. The SMILES string of the molecule is COc1cc(Br)cc(C)c1NC1CCCOCC1. The first-order valence-corrected chi connectivity index (χ1v) is 7.18. The zero-order valence-electron chi connectivity index (χ0n) is 11.0. The van der Waals surface area contributed by atoms with Crippen LogP contribution in [0.4, 0.5) is 5.69 Å². The Morgan fingerprint density at radius 3 is 2.94 bits per heavy atom. The van der Waals surface area contributed by atoms with Gasteiger partial charge < -0.3 is 14.8 Å². The summed E-state index contributed by atoms with van der Waals surface area (Å²) in [5.41, 5.74) is 2.30. The Bertz CT molecular complexity index is 401. The predicted molar refractivity (Wildman–Crippen MR) is 77.5 cm³/mol. The number of benzene rings is 1. The first-order chi connectivity index (χ1) is 8.70. The molecule has 18 heavy (non-hydrogen) atoms. The Morgan fingerprint density at radius 2 is 2.17 bits per heavy atom. The first kappa shape index (κ1) is 13.7. The fourth-order valence-electron chi connectivity index (χ4n) is 2.31. The highest BCUT2D eigenvalue weighted by molar-refractivity contribution is 9.10. The highest BCUT2D eigenvalue weighted by atomic mass is 79.9. The van der Waals surface area contributed by atoms with Crippen molar-refractivity contribution in [2.75, 3.05) is 25.6 Å². The highest BCUT2D eigenvalue weighted by Gasteiger charge is 2.16. The molecule has 1 aliphatic heterocycles. The molecule has 4 heteroatoms. The van der Waals surface area contributed by atoms with Gasteiger partial charge in [-0.2, -0.15) is 0 Å². The van der Waals surface area contributed by atoms with Crippen molar-refractivity contribution in [3.8, 4) is 5.75 Å². The van der Waals surface area contributed by atoms with Gasteiger partial charge in [-0.3, -0.25) is 0 Å². The van der Waals surface area contributed by atoms with E-state index < -0.39 is 0 Å². The van der Waals surface area contributed by atoms with Gasteiger partial charge in [-0.05, 0) is 43.9 Å². The monoisotopic (exact) mass is 313 g/mol. The van der Waals surface area contributed by atoms with Crippen LogP contribution in [0.5, 0.6) is 5.75 Å². The number of ether oxygens (including phenoxy) is 2. The maximum absolute atomic E-state index is 5.49. The normalized spacial score (nSPS) is 20.3. The molecule has 1 aliphatic rings. The van der Waals surface area contributed by atoms with Gasteiger partial charge in [-0.25, -0.2) is 0 Å². The van der Waals surface area contributed by atoms with Gasteiger partial charge in [0.25, 0.3) is 0 Å². The second kappa shape index (κ2) is 6.43. The van der Waals surface area contributed by atoms with E-state index in [0.717, 1.165) is 48.4 Å². The Hall–Kier alpha value is -0.740. The van der Waals surface area contributed by atoms with E-state index in [1.54, 1.807) is 7.11 Å². The molecule has 1 atom stereocenters. The van der Waals surface area contributed by atoms with E-state index in [1.165, 1.54) is 5.56 Å². The van der Waals surface area contributed by atoms with Crippen LogP contribution in [0.2, 0.25) is 0 Å². The summed E-state index contributed by atoms with van der Waals surface area (Å²) in [5.74, 6) is 0.895. The second-order valence-corrected chi connectivity index (χ2v) is 5.60. The number of hydrogen-bond acceptors (Lipinski definition) is 3. The fraction of sp³-hybridized carbons (Fsp3) is 0.571. The molecule has 0 spiro atoms. The topological polar surface area (TPSA) is 30.5 Å². The van der Waals surface area contributed by atoms with E-state index in [0.29, 0.717) is 6.04 Å². The van der Waals surface area contributed by atoms with Gasteiger partial charge in [-0.15, -0.1) is 0 Å². The second-order valence-electron chi connectivity index (χ2n) is 4.68. The minimum absolute atomic E-state index is 0.473. The number of anilines is 1. The summed E-state index contributed by atoms with van der Waals surface area (Å²) < 4.78 is 12.0. The summed E-state index contributed by atoms with van der Waals surface area (Å²) in [6, 6.07) is 4.59. The lowest BCUT2D eigenvalue weighted by Gasteiger charge is -2.21. The molecular weight excluding hydrogens is 294 g/mol. The van der Waals surface area contributed by atoms with Gasteiger partial charge in [0, 0.05) is 23.7 Å². The summed E-state index contributed by atoms with van der Waals surface area (Å²) in [5, 5.41) is 3.61. The van der Waals surface area contributed by atoms with Crippen LogP contribution in [0, 0.1) is 6.92 Å². The molecule has 0 radical (unpaired) electrons. The Morgan fingerprint density at radius 1 is 1.33 bits per heavy atom. The molecule has 1 aromatic rings. The number of nitrogens with one attached hydrogen (secondary N) is 1. The van der Waals surface area contributed by atoms with Crippen LogP contribution in [-0.2, 0) is 4.74 Å². The van der Waals surface area contributed by atoms with Crippen molar-refractivity contribution in [1.82, 2.24) is 0 Å². The van der Waals surface area contributed by atoms with Crippen LogP contribution in [0.3, 0.4) is 0 Å². The molecule has 0 saturated carbocycles. The first-order valence-electron chi connectivity index (χ1n) is 6.39. The van der Waals surface area contributed by atoms with Crippen LogP contribution >= 0.6 is 15.9 Å². The summed E-state index contributed by atoms with van der Waals surface area (Å²) >= 11 is 3.50. The molecule has 1 aromatic carbocycles. The Labute approximate surface area is 117 Å². The number of methoxy groups -OCH3 is 1. The zero-order valence-corrected chi connectivity index (χ0v) is 12.5. The molecule has 1 saturated heterocycles. The van der Waals surface area contributed by atoms with E-state index in [2.05, 4.69) is 34.2 Å². The maximum Gasteiger partial charge on any atom is 0.143 e. The molecule has 0 amide bonds. The van der Waals surface area contributed by atoms with Crippen LogP contribution in [0.15, 0.2) is 16.6 Å². The number of hydrogen-bond donors (Lipinski definition) is 1. The molecular formula is C14H20BrNO2. The standard InChI is InChI=1S/C14H20BrNO2/c1-10-8-11(15)9-13(17-2)14(10)16-12-4-3-6-18-7-5-12/h8-9,12,16H,3-7H2,1-2H3. The molecule has 1 fully saturated rings. The van der Waals surface area contributed by atoms with Crippen molar-refractivity contribution in [3.63, 3.8) is 0 Å². The Kier molecular flexibility index (Phi) is 4.89. The van der Waals surface area contributed by atoms with Gasteiger partial charge in [-0.1, -0.05) is 15.9 Å². The lowest BCUT2D eigenvalue weighted by Crippen LogP contribution is -2.20. The van der Waals surface area contributed by atoms with Crippen molar-refractivity contribution >= 4 is 21.6 Å². The maximum atomic E-state index is 5.49. The van der Waals surface area contributed by atoms with E-state index in [-0.39, 0.29) is 0 Å². The number of rotatable bonds is 3. The average Bonchev–Trinajstić information content (AvgIpc) is 2.60. The predicted octanol–water partition coefficient (Wildman–Crippen LogP) is 3.75. The third-order valence-electron chi connectivity index (χ3n) is 3.28. The molecule has 2 rings (SSSR count). The molecule has 0 aromatic heterocycles. The van der Waals surface area contributed by atoms with Crippen LogP contribution in [0.25, 0.3) is 0 Å². The molecule has 1 N–H and O–H groups in total. The van der Waals surface area contributed by atoms with Crippen LogP contribution in [0.1, 0.15) is 24.8 Å². The van der Waals surface area contributed by atoms with Crippen molar-refractivity contribution in [1.29, 1.82) is 0 Å². The molecule has 3 nitrogen and oxygen atoms in total. The highest BCUT2D eigenvalue weighted by Crippen LogP contribution is 2.33. The van der Waals surface area contributed by atoms with Gasteiger partial charge in [0.15, 0.2) is 0 Å². The van der Waals surface area contributed by atoms with E-state index in [9.17, 15) is 0 Å². The number of aryl methyl sites for hydroxylation is 1. The smallest absolute Gasteiger partial charge is 0.143 e. The summed E-state index contributed by atoms with van der Waals surface area (Å²) in [7, 11) is 1.71. The zero-order chi connectivity index (χ0) is 13.0. The van der Waals surface area contributed by atoms with Crippen LogP contribution in [-0.4, -0.2) is 26.4 Å². The van der Waals surface area contributed by atoms with Crippen molar-refractivity contribution in [2.45, 2.75) is 32.2 Å². The minimum atomic E-state index is 0.473. The lowest BCUT2D eigenvalue weighted by molar-refractivity contribution is 0.144. The van der Waals surface area contributed by atoms with E-state index >= 15 is 0 Å². The average molecular weight is 314 g/mol. The van der Waals surface area contributed by atoms with Gasteiger partial charge in [0.2, 0.25) is 0 Å². The third-order valence-corrected chi connectivity index (χ3v) is 3.74. The molecule has 0 bridgehead atoms. The number of halogens is 1. The Balaban J connectivity index is 2.16. The quantitative estimate of drug-likeness (QED) is 0.922. The summed E-state index contributed by atoms with van der Waals surface area (Å²) in [4.78, 5) is 0. The molecule has 1 heterocycles. The molecule has 100 valence electrons. The van der Waals surface area contributed by atoms with Crippen molar-refractivity contribution in [3.05, 3.63) is 22.2 Å².